The number of nitrogens with one attached hydrogen (secondary N) is 1. The van der Waals surface area contributed by atoms with Gasteiger partial charge in [0.15, 0.2) is 0 Å². The molecule has 26 heavy (non-hydrogen) atoms. The number of likely N-dealkylation sites (tertiary alicyclic amines) is 1. The Morgan fingerprint density at radius 1 is 1.35 bits per heavy atom. The lowest BCUT2D eigenvalue weighted by Crippen LogP contribution is -2.36. The average Bonchev–Trinajstić information content (AvgIpc) is 3.03. The van der Waals surface area contributed by atoms with E-state index >= 15 is 0 Å². The molecule has 1 saturated carbocycles. The Hall–Kier alpha value is -1.89. The fourth-order valence-corrected chi connectivity index (χ4v) is 3.74. The summed E-state index contributed by atoms with van der Waals surface area (Å²) < 4.78 is 2.07. The summed E-state index contributed by atoms with van der Waals surface area (Å²) in [7, 11) is 5.60. The van der Waals surface area contributed by atoms with E-state index in [1.165, 1.54) is 5.69 Å². The Bertz CT molecular complexity index is 665. The van der Waals surface area contributed by atoms with E-state index in [4.69, 9.17) is 0 Å². The van der Waals surface area contributed by atoms with Crippen molar-refractivity contribution in [2.45, 2.75) is 32.1 Å². The van der Waals surface area contributed by atoms with Crippen molar-refractivity contribution in [3.63, 3.8) is 0 Å². The van der Waals surface area contributed by atoms with E-state index in [1.807, 2.05) is 26.5 Å². The summed E-state index contributed by atoms with van der Waals surface area (Å²) in [5, 5.41) is 3.17. The quantitative estimate of drug-likeness (QED) is 0.781. The van der Waals surface area contributed by atoms with Crippen LogP contribution in [-0.4, -0.2) is 71.4 Å². The van der Waals surface area contributed by atoms with Crippen molar-refractivity contribution in [2.75, 3.05) is 40.3 Å². The largest absolute Gasteiger partial charge is 0.355 e. The molecule has 0 radical (unpaired) electrons. The maximum absolute atomic E-state index is 12.3. The maximum atomic E-state index is 12.3. The van der Waals surface area contributed by atoms with Crippen molar-refractivity contribution in [3.8, 4) is 0 Å². The molecule has 0 aromatic carbocycles. The van der Waals surface area contributed by atoms with Crippen molar-refractivity contribution >= 4 is 11.8 Å². The summed E-state index contributed by atoms with van der Waals surface area (Å²) >= 11 is 0. The Morgan fingerprint density at radius 3 is 2.65 bits per heavy atom. The number of rotatable bonds is 7. The van der Waals surface area contributed by atoms with Gasteiger partial charge >= 0.3 is 0 Å². The number of imidazole rings is 1. The number of amides is 2. The summed E-state index contributed by atoms with van der Waals surface area (Å²) in [5.41, 5.74) is 1.06. The highest BCUT2D eigenvalue weighted by molar-refractivity contribution is 5.84. The van der Waals surface area contributed by atoms with Crippen LogP contribution in [0.25, 0.3) is 0 Å². The third kappa shape index (κ3) is 4.09. The number of hydrogen-bond acceptors (Lipinski definition) is 4. The topological polar surface area (TPSA) is 70.5 Å². The second-order valence-corrected chi connectivity index (χ2v) is 8.36. The lowest BCUT2D eigenvalue weighted by molar-refractivity contribution is -0.129. The van der Waals surface area contributed by atoms with Gasteiger partial charge in [0.1, 0.15) is 0 Å². The smallest absolute Gasteiger partial charge is 0.225 e. The minimum atomic E-state index is -0.140. The van der Waals surface area contributed by atoms with Gasteiger partial charge in [0.2, 0.25) is 11.8 Å². The molecule has 1 aromatic heterocycles. The van der Waals surface area contributed by atoms with E-state index in [0.29, 0.717) is 24.8 Å². The molecule has 144 valence electrons. The van der Waals surface area contributed by atoms with Crippen LogP contribution in [0.4, 0.5) is 0 Å². The molecule has 3 rings (SSSR count). The highest BCUT2D eigenvalue weighted by atomic mass is 16.2. The summed E-state index contributed by atoms with van der Waals surface area (Å²) in [6, 6.07) is 0. The van der Waals surface area contributed by atoms with Gasteiger partial charge in [-0.3, -0.25) is 9.59 Å². The van der Waals surface area contributed by atoms with Crippen LogP contribution in [0.1, 0.15) is 37.8 Å². The first-order valence-electron chi connectivity index (χ1n) is 9.47. The van der Waals surface area contributed by atoms with Gasteiger partial charge in [0.25, 0.3) is 0 Å². The molecule has 0 spiro atoms. The highest BCUT2D eigenvalue weighted by Crippen LogP contribution is 2.45. The second-order valence-electron chi connectivity index (χ2n) is 8.36. The predicted octanol–water partition coefficient (Wildman–Crippen LogP) is 0.830. The summed E-state index contributed by atoms with van der Waals surface area (Å²) in [5.74, 6) is 0.999. The zero-order chi connectivity index (χ0) is 18.9. The van der Waals surface area contributed by atoms with E-state index in [1.54, 1.807) is 19.0 Å². The van der Waals surface area contributed by atoms with Crippen molar-refractivity contribution in [1.29, 1.82) is 0 Å². The molecule has 1 aromatic rings. The molecule has 1 aliphatic carbocycles. The lowest BCUT2D eigenvalue weighted by Gasteiger charge is -2.20. The van der Waals surface area contributed by atoms with E-state index in [0.717, 1.165) is 32.5 Å². The normalized spacial score (nSPS) is 24.5. The molecule has 0 unspecified atom stereocenters. The second kappa shape index (κ2) is 7.39. The molecular weight excluding hydrogens is 330 g/mol. The van der Waals surface area contributed by atoms with E-state index in [2.05, 4.69) is 19.8 Å². The first-order valence-corrected chi connectivity index (χ1v) is 9.47. The molecule has 1 N–H and O–H groups in total. The molecular formula is C19H31N5O2. The minimum Gasteiger partial charge on any atom is -0.355 e. The molecule has 1 aliphatic heterocycles. The third-order valence-electron chi connectivity index (χ3n) is 5.96. The molecule has 7 nitrogen and oxygen atoms in total. The number of carbonyl (C=O) groups is 2. The van der Waals surface area contributed by atoms with Crippen LogP contribution in [0.15, 0.2) is 12.5 Å². The fraction of sp³-hybridized carbons (Fsp3) is 0.737. The van der Waals surface area contributed by atoms with Crippen LogP contribution < -0.4 is 5.32 Å². The Labute approximate surface area is 155 Å². The molecule has 2 fully saturated rings. The van der Waals surface area contributed by atoms with Gasteiger partial charge in [-0.2, -0.15) is 0 Å². The SMILES string of the molecule is CN(C)C(=O)CCN1C[C@@H](CNC(=O)C2(C)CC2)[C@H](c2cncn2C)C1. The molecule has 2 aliphatic rings. The van der Waals surface area contributed by atoms with Crippen LogP contribution in [0.2, 0.25) is 0 Å². The Kier molecular flexibility index (Phi) is 5.37. The van der Waals surface area contributed by atoms with Crippen molar-refractivity contribution in [2.24, 2.45) is 18.4 Å². The molecule has 0 bridgehead atoms. The van der Waals surface area contributed by atoms with E-state index in [-0.39, 0.29) is 17.2 Å². The third-order valence-corrected chi connectivity index (χ3v) is 5.96. The molecule has 1 saturated heterocycles. The Balaban J connectivity index is 1.62. The van der Waals surface area contributed by atoms with Crippen molar-refractivity contribution < 1.29 is 9.59 Å². The van der Waals surface area contributed by atoms with Crippen LogP contribution in [-0.2, 0) is 16.6 Å². The first-order chi connectivity index (χ1) is 12.3. The number of aromatic nitrogens is 2. The van der Waals surface area contributed by atoms with Crippen LogP contribution in [0.3, 0.4) is 0 Å². The minimum absolute atomic E-state index is 0.140. The van der Waals surface area contributed by atoms with Gasteiger partial charge in [0, 0.05) is 77.0 Å². The molecule has 2 heterocycles. The molecule has 7 heteroatoms. The number of nitrogens with zero attached hydrogens (tertiary/aromatic N) is 4. The molecule has 2 amide bonds. The number of aryl methyl sites for hydroxylation is 1. The lowest BCUT2D eigenvalue weighted by atomic mass is 9.92. The van der Waals surface area contributed by atoms with Crippen LogP contribution in [0, 0.1) is 11.3 Å². The Morgan fingerprint density at radius 2 is 2.08 bits per heavy atom. The van der Waals surface area contributed by atoms with Gasteiger partial charge in [-0.1, -0.05) is 6.92 Å². The first kappa shape index (κ1) is 18.9. The highest BCUT2D eigenvalue weighted by Gasteiger charge is 2.45. The predicted molar refractivity (Wildman–Crippen MR) is 99.5 cm³/mol. The monoisotopic (exact) mass is 361 g/mol. The summed E-state index contributed by atoms with van der Waals surface area (Å²) in [6.45, 7) is 5.27. The zero-order valence-electron chi connectivity index (χ0n) is 16.4. The summed E-state index contributed by atoms with van der Waals surface area (Å²) in [6.07, 6.45) is 6.27. The van der Waals surface area contributed by atoms with Crippen LogP contribution >= 0.6 is 0 Å². The number of hydrogen-bond donors (Lipinski definition) is 1. The van der Waals surface area contributed by atoms with Gasteiger partial charge in [0.05, 0.1) is 6.33 Å². The van der Waals surface area contributed by atoms with E-state index < -0.39 is 0 Å². The summed E-state index contributed by atoms with van der Waals surface area (Å²) in [4.78, 5) is 32.5. The van der Waals surface area contributed by atoms with Gasteiger partial charge < -0.3 is 19.7 Å². The fourth-order valence-electron chi connectivity index (χ4n) is 3.74. The van der Waals surface area contributed by atoms with Gasteiger partial charge in [-0.15, -0.1) is 0 Å². The van der Waals surface area contributed by atoms with Gasteiger partial charge in [-0.25, -0.2) is 4.98 Å². The van der Waals surface area contributed by atoms with Crippen molar-refractivity contribution in [3.05, 3.63) is 18.2 Å². The van der Waals surface area contributed by atoms with Gasteiger partial charge in [-0.05, 0) is 18.8 Å². The van der Waals surface area contributed by atoms with Crippen LogP contribution in [0.5, 0.6) is 0 Å². The maximum Gasteiger partial charge on any atom is 0.225 e. The average molecular weight is 361 g/mol. The number of carbonyl (C=O) groups excluding carboxylic acids is 2. The molecule has 2 atom stereocenters. The van der Waals surface area contributed by atoms with E-state index in [9.17, 15) is 9.59 Å². The standard InChI is InChI=1S/C19H31N5O2/c1-19(6-7-19)18(26)21-9-14-11-24(8-5-17(25)22(2)3)12-15(14)16-10-20-13-23(16)4/h10,13-15H,5-9,11-12H2,1-4H3,(H,21,26)/t14-,15-/m1/s1. The van der Waals surface area contributed by atoms with Crippen molar-refractivity contribution in [1.82, 2.24) is 24.7 Å². The zero-order valence-corrected chi connectivity index (χ0v) is 16.4.